The van der Waals surface area contributed by atoms with Gasteiger partial charge in [-0.25, -0.2) is 0 Å². The van der Waals surface area contributed by atoms with Crippen molar-refractivity contribution in [1.29, 1.82) is 0 Å². The number of piperidine rings is 1. The minimum atomic E-state index is 0.231. The number of nitrogens with zero attached hydrogens (tertiary/aromatic N) is 2. The van der Waals surface area contributed by atoms with Crippen LogP contribution in [0.4, 0.5) is 11.4 Å². The Morgan fingerprint density at radius 1 is 0.775 bits per heavy atom. The molecule has 4 N–H and O–H groups in total. The van der Waals surface area contributed by atoms with Gasteiger partial charge < -0.3 is 21.3 Å². The molecule has 0 aromatic heterocycles. The molecule has 0 unspecified atom stereocenters. The van der Waals surface area contributed by atoms with Gasteiger partial charge in [0.05, 0.1) is 11.4 Å². The van der Waals surface area contributed by atoms with Crippen LogP contribution in [0.3, 0.4) is 0 Å². The number of carbonyl (C=O) groups is 1. The number of anilines is 2. The van der Waals surface area contributed by atoms with E-state index in [2.05, 4.69) is 82.6 Å². The van der Waals surface area contributed by atoms with Crippen molar-refractivity contribution < 1.29 is 4.79 Å². The maximum absolute atomic E-state index is 13.3. The van der Waals surface area contributed by atoms with E-state index in [4.69, 9.17) is 11.5 Å². The summed E-state index contributed by atoms with van der Waals surface area (Å²) in [5.41, 5.74) is 19.7. The second-order valence-corrected chi connectivity index (χ2v) is 12.4. The highest BCUT2D eigenvalue weighted by molar-refractivity contribution is 5.81. The molecule has 1 saturated heterocycles. The predicted molar refractivity (Wildman–Crippen MR) is 165 cm³/mol. The molecule has 1 aliphatic heterocycles. The van der Waals surface area contributed by atoms with Crippen LogP contribution in [0.25, 0.3) is 11.1 Å². The fraction of sp³-hybridized carbons (Fsp3) is 0.457. The molecule has 5 heteroatoms. The molecule has 3 aromatic carbocycles. The highest BCUT2D eigenvalue weighted by Crippen LogP contribution is 2.36. The van der Waals surface area contributed by atoms with Crippen LogP contribution >= 0.6 is 0 Å². The summed E-state index contributed by atoms with van der Waals surface area (Å²) >= 11 is 0. The Hall–Kier alpha value is -3.31. The van der Waals surface area contributed by atoms with Crippen molar-refractivity contribution in [1.82, 2.24) is 4.90 Å². The quantitative estimate of drug-likeness (QED) is 0.327. The molecule has 3 fully saturated rings. The van der Waals surface area contributed by atoms with Gasteiger partial charge in [-0.15, -0.1) is 0 Å². The molecule has 40 heavy (non-hydrogen) atoms. The zero-order valence-corrected chi connectivity index (χ0v) is 23.7. The first kappa shape index (κ1) is 26.9. The summed E-state index contributed by atoms with van der Waals surface area (Å²) in [7, 11) is 0. The molecule has 3 aliphatic rings. The molecule has 3 aromatic rings. The standard InChI is InChI=1S/C35H44N4O/c36-31-12-14-32(15-13-31)39(35(40)28-9-10-28)24-27-7-4-8-29(22-27)30-11-16-34(33(37)23-30)38-19-17-26(18-20-38)21-25-5-2-1-3-6-25/h1-8,11,16,22-23,26,28,31-32H,9-10,12-15,17-21,24,36-37H2. The van der Waals surface area contributed by atoms with Gasteiger partial charge in [-0.1, -0.05) is 54.6 Å². The van der Waals surface area contributed by atoms with Gasteiger partial charge in [-0.2, -0.15) is 0 Å². The molecule has 1 heterocycles. The lowest BCUT2D eigenvalue weighted by molar-refractivity contribution is -0.136. The normalized spacial score (nSPS) is 21.8. The van der Waals surface area contributed by atoms with Crippen molar-refractivity contribution in [2.45, 2.75) is 76.4 Å². The lowest BCUT2D eigenvalue weighted by Crippen LogP contribution is -2.44. The molecule has 0 bridgehead atoms. The number of hydrogen-bond donors (Lipinski definition) is 2. The van der Waals surface area contributed by atoms with Crippen molar-refractivity contribution in [3.8, 4) is 11.1 Å². The lowest BCUT2D eigenvalue weighted by atomic mass is 9.89. The van der Waals surface area contributed by atoms with Gasteiger partial charge in [0.2, 0.25) is 5.91 Å². The van der Waals surface area contributed by atoms with E-state index in [1.807, 2.05) is 0 Å². The Bertz CT molecular complexity index is 1290. The average molecular weight is 537 g/mol. The van der Waals surface area contributed by atoms with Crippen LogP contribution in [0.5, 0.6) is 0 Å². The van der Waals surface area contributed by atoms with Gasteiger partial charge in [0.15, 0.2) is 0 Å². The first-order valence-corrected chi connectivity index (χ1v) is 15.4. The van der Waals surface area contributed by atoms with Crippen molar-refractivity contribution in [2.75, 3.05) is 23.7 Å². The molecule has 210 valence electrons. The monoisotopic (exact) mass is 536 g/mol. The van der Waals surface area contributed by atoms with Crippen LogP contribution in [-0.2, 0) is 17.8 Å². The Balaban J connectivity index is 1.12. The number of nitrogens with two attached hydrogens (primary N) is 2. The molecular weight excluding hydrogens is 492 g/mol. The van der Waals surface area contributed by atoms with Gasteiger partial charge in [-0.05, 0) is 104 Å². The molecule has 1 amide bonds. The van der Waals surface area contributed by atoms with Crippen LogP contribution < -0.4 is 16.4 Å². The van der Waals surface area contributed by atoms with Gasteiger partial charge in [0.1, 0.15) is 0 Å². The Morgan fingerprint density at radius 2 is 1.48 bits per heavy atom. The first-order chi connectivity index (χ1) is 19.5. The van der Waals surface area contributed by atoms with Gasteiger partial charge >= 0.3 is 0 Å². The van der Waals surface area contributed by atoms with E-state index in [0.29, 0.717) is 18.5 Å². The predicted octanol–water partition coefficient (Wildman–Crippen LogP) is 6.40. The maximum Gasteiger partial charge on any atom is 0.226 e. The van der Waals surface area contributed by atoms with Crippen LogP contribution in [0.15, 0.2) is 72.8 Å². The summed E-state index contributed by atoms with van der Waals surface area (Å²) in [6, 6.07) is 26.6. The molecule has 5 nitrogen and oxygen atoms in total. The van der Waals surface area contributed by atoms with E-state index in [1.165, 1.54) is 24.0 Å². The molecule has 2 aliphatic carbocycles. The van der Waals surface area contributed by atoms with E-state index in [-0.39, 0.29) is 12.0 Å². The zero-order chi connectivity index (χ0) is 27.5. The second kappa shape index (κ2) is 12.1. The van der Waals surface area contributed by atoms with Crippen molar-refractivity contribution in [3.63, 3.8) is 0 Å². The minimum Gasteiger partial charge on any atom is -0.397 e. The smallest absolute Gasteiger partial charge is 0.226 e. The number of hydrogen-bond acceptors (Lipinski definition) is 4. The van der Waals surface area contributed by atoms with Crippen molar-refractivity contribution >= 4 is 17.3 Å². The largest absolute Gasteiger partial charge is 0.397 e. The Labute approximate surface area is 239 Å². The third-order valence-corrected chi connectivity index (χ3v) is 9.35. The Morgan fingerprint density at radius 3 is 2.17 bits per heavy atom. The topological polar surface area (TPSA) is 75.6 Å². The van der Waals surface area contributed by atoms with E-state index in [9.17, 15) is 4.79 Å². The summed E-state index contributed by atoms with van der Waals surface area (Å²) < 4.78 is 0. The molecular formula is C35H44N4O. The molecule has 0 spiro atoms. The zero-order valence-electron chi connectivity index (χ0n) is 23.7. The van der Waals surface area contributed by atoms with Crippen LogP contribution in [0.1, 0.15) is 62.5 Å². The highest BCUT2D eigenvalue weighted by Gasteiger charge is 2.37. The molecule has 0 atom stereocenters. The minimum absolute atomic E-state index is 0.231. The first-order valence-electron chi connectivity index (χ1n) is 15.4. The fourth-order valence-electron chi connectivity index (χ4n) is 6.76. The summed E-state index contributed by atoms with van der Waals surface area (Å²) in [5.74, 6) is 1.31. The van der Waals surface area contributed by atoms with E-state index in [0.717, 1.165) is 86.5 Å². The van der Waals surface area contributed by atoms with E-state index in [1.54, 1.807) is 0 Å². The summed E-state index contributed by atoms with van der Waals surface area (Å²) in [6.07, 6.45) is 9.68. The van der Waals surface area contributed by atoms with Crippen molar-refractivity contribution in [3.05, 3.63) is 83.9 Å². The van der Waals surface area contributed by atoms with Gasteiger partial charge in [0.25, 0.3) is 0 Å². The van der Waals surface area contributed by atoms with E-state index < -0.39 is 0 Å². The number of rotatable bonds is 8. The lowest BCUT2D eigenvalue weighted by Gasteiger charge is -2.36. The summed E-state index contributed by atoms with van der Waals surface area (Å²) in [5, 5.41) is 0. The second-order valence-electron chi connectivity index (χ2n) is 12.4. The highest BCUT2D eigenvalue weighted by atomic mass is 16.2. The fourth-order valence-corrected chi connectivity index (χ4v) is 6.76. The van der Waals surface area contributed by atoms with Crippen LogP contribution in [-0.4, -0.2) is 36.0 Å². The average Bonchev–Trinajstić information content (AvgIpc) is 3.83. The molecule has 6 rings (SSSR count). The number of carbonyl (C=O) groups excluding carboxylic acids is 1. The Kier molecular flexibility index (Phi) is 8.10. The molecule has 2 saturated carbocycles. The number of amides is 1. The van der Waals surface area contributed by atoms with Crippen molar-refractivity contribution in [2.24, 2.45) is 17.6 Å². The third kappa shape index (κ3) is 6.36. The van der Waals surface area contributed by atoms with E-state index >= 15 is 0 Å². The number of nitrogen functional groups attached to an aromatic ring is 1. The van der Waals surface area contributed by atoms with Crippen LogP contribution in [0.2, 0.25) is 0 Å². The molecule has 0 radical (unpaired) electrons. The number of benzene rings is 3. The maximum atomic E-state index is 13.3. The van der Waals surface area contributed by atoms with Gasteiger partial charge in [-0.3, -0.25) is 4.79 Å². The summed E-state index contributed by atoms with van der Waals surface area (Å²) in [6.45, 7) is 2.77. The summed E-state index contributed by atoms with van der Waals surface area (Å²) in [4.78, 5) is 17.9. The van der Waals surface area contributed by atoms with Crippen LogP contribution in [0, 0.1) is 11.8 Å². The SMILES string of the molecule is Nc1cc(-c2cccc(CN(C(=O)C3CC3)C3CCC(N)CC3)c2)ccc1N1CCC(Cc2ccccc2)CC1. The van der Waals surface area contributed by atoms with Gasteiger partial charge in [0, 0.05) is 37.6 Å². The third-order valence-electron chi connectivity index (χ3n) is 9.35.